The average Bonchev–Trinajstić information content (AvgIpc) is 3.30. The molecule has 2 fully saturated rings. The van der Waals surface area contributed by atoms with E-state index in [0.29, 0.717) is 32.5 Å². The molecule has 0 radical (unpaired) electrons. The second kappa shape index (κ2) is 5.94. The molecule has 1 saturated carbocycles. The molecular weight excluding hydrogens is 326 g/mol. The summed E-state index contributed by atoms with van der Waals surface area (Å²) in [5.41, 5.74) is 0.323. The van der Waals surface area contributed by atoms with Crippen LogP contribution < -0.4 is 4.90 Å². The lowest BCUT2D eigenvalue weighted by Gasteiger charge is -2.40. The highest BCUT2D eigenvalue weighted by Gasteiger charge is 2.54. The van der Waals surface area contributed by atoms with Gasteiger partial charge in [0.1, 0.15) is 5.82 Å². The minimum absolute atomic E-state index is 0.158. The molecule has 2 heterocycles. The SMILES string of the molecule is COCCN1CC2(CCN(C(=O)C3(F)CC3)CC2)c2cc(F)ccc21. The van der Waals surface area contributed by atoms with Crippen molar-refractivity contribution in [2.24, 2.45) is 0 Å². The number of hydrogen-bond acceptors (Lipinski definition) is 3. The van der Waals surface area contributed by atoms with Crippen molar-refractivity contribution in [1.29, 1.82) is 0 Å². The Hall–Kier alpha value is -1.69. The van der Waals surface area contributed by atoms with Crippen LogP contribution in [-0.4, -0.2) is 56.4 Å². The minimum Gasteiger partial charge on any atom is -0.383 e. The highest BCUT2D eigenvalue weighted by molar-refractivity contribution is 5.88. The van der Waals surface area contributed by atoms with Gasteiger partial charge >= 0.3 is 0 Å². The first kappa shape index (κ1) is 16.8. The number of methoxy groups -OCH3 is 1. The molecule has 4 nitrogen and oxygen atoms in total. The van der Waals surface area contributed by atoms with E-state index >= 15 is 0 Å². The number of fused-ring (bicyclic) bond motifs is 2. The van der Waals surface area contributed by atoms with Gasteiger partial charge in [0.05, 0.1) is 6.61 Å². The topological polar surface area (TPSA) is 32.8 Å². The number of likely N-dealkylation sites (tertiary alicyclic amines) is 1. The van der Waals surface area contributed by atoms with Gasteiger partial charge in [-0.2, -0.15) is 0 Å². The fourth-order valence-electron chi connectivity index (χ4n) is 4.32. The zero-order chi connectivity index (χ0) is 17.7. The lowest BCUT2D eigenvalue weighted by Crippen LogP contribution is -2.49. The Bertz CT molecular complexity index is 682. The Labute approximate surface area is 146 Å². The van der Waals surface area contributed by atoms with Crippen LogP contribution in [0.3, 0.4) is 0 Å². The Morgan fingerprint density at radius 2 is 1.96 bits per heavy atom. The van der Waals surface area contributed by atoms with Crippen LogP contribution in [0.25, 0.3) is 0 Å². The third kappa shape index (κ3) is 2.80. The summed E-state index contributed by atoms with van der Waals surface area (Å²) < 4.78 is 33.2. The summed E-state index contributed by atoms with van der Waals surface area (Å²) in [6.07, 6.45) is 2.20. The molecule has 6 heteroatoms. The third-order valence-corrected chi connectivity index (χ3v) is 6.01. The van der Waals surface area contributed by atoms with Crippen LogP contribution in [0.5, 0.6) is 0 Å². The number of carbonyl (C=O) groups excluding carboxylic acids is 1. The lowest BCUT2D eigenvalue weighted by atomic mass is 9.74. The molecule has 4 rings (SSSR count). The van der Waals surface area contributed by atoms with Crippen molar-refractivity contribution in [1.82, 2.24) is 4.90 Å². The third-order valence-electron chi connectivity index (χ3n) is 6.01. The molecule has 1 amide bonds. The Morgan fingerprint density at radius 3 is 2.60 bits per heavy atom. The molecule has 25 heavy (non-hydrogen) atoms. The van der Waals surface area contributed by atoms with Crippen molar-refractivity contribution >= 4 is 11.6 Å². The van der Waals surface area contributed by atoms with Crippen LogP contribution in [0.15, 0.2) is 18.2 Å². The summed E-state index contributed by atoms with van der Waals surface area (Å²) in [5, 5.41) is 0. The van der Waals surface area contributed by atoms with Crippen molar-refractivity contribution in [2.45, 2.75) is 36.8 Å². The molecule has 1 aromatic rings. The van der Waals surface area contributed by atoms with Gasteiger partial charge in [-0.25, -0.2) is 8.78 Å². The first-order valence-electron chi connectivity index (χ1n) is 9.00. The predicted molar refractivity (Wildman–Crippen MR) is 91.1 cm³/mol. The van der Waals surface area contributed by atoms with E-state index in [-0.39, 0.29) is 17.1 Å². The van der Waals surface area contributed by atoms with Gasteiger partial charge in [0.25, 0.3) is 5.91 Å². The van der Waals surface area contributed by atoms with Crippen molar-refractivity contribution in [3.05, 3.63) is 29.6 Å². The fraction of sp³-hybridized carbons (Fsp3) is 0.632. The van der Waals surface area contributed by atoms with E-state index in [0.717, 1.165) is 37.2 Å². The molecule has 136 valence electrons. The molecule has 2 aliphatic heterocycles. The summed E-state index contributed by atoms with van der Waals surface area (Å²) in [7, 11) is 1.67. The van der Waals surface area contributed by atoms with Crippen LogP contribution >= 0.6 is 0 Å². The number of piperidine rings is 1. The number of anilines is 1. The number of carbonyl (C=O) groups is 1. The molecule has 0 N–H and O–H groups in total. The van der Waals surface area contributed by atoms with E-state index in [1.54, 1.807) is 18.1 Å². The molecule has 1 aliphatic carbocycles. The highest BCUT2D eigenvalue weighted by atomic mass is 19.1. The summed E-state index contributed by atoms with van der Waals surface area (Å²) in [5.74, 6) is -0.582. The molecule has 1 spiro atoms. The number of nitrogens with zero attached hydrogens (tertiary/aromatic N) is 2. The Morgan fingerprint density at radius 1 is 1.24 bits per heavy atom. The van der Waals surface area contributed by atoms with Crippen molar-refractivity contribution in [3.8, 4) is 0 Å². The number of hydrogen-bond donors (Lipinski definition) is 0. The van der Waals surface area contributed by atoms with Gasteiger partial charge in [-0.1, -0.05) is 0 Å². The van der Waals surface area contributed by atoms with Gasteiger partial charge in [0.2, 0.25) is 0 Å². The van der Waals surface area contributed by atoms with E-state index in [2.05, 4.69) is 4.90 Å². The van der Waals surface area contributed by atoms with Crippen LogP contribution in [-0.2, 0) is 14.9 Å². The Kier molecular flexibility index (Phi) is 3.98. The monoisotopic (exact) mass is 350 g/mol. The van der Waals surface area contributed by atoms with Gasteiger partial charge in [0.15, 0.2) is 5.67 Å². The smallest absolute Gasteiger partial charge is 0.260 e. The standard InChI is InChI=1S/C19H24F2N2O2/c1-25-11-10-23-13-18(15-12-14(20)2-3-16(15)23)6-8-22(9-7-18)17(24)19(21)4-5-19/h2-3,12H,4-11,13H2,1H3. The number of benzene rings is 1. The van der Waals surface area contributed by atoms with Gasteiger partial charge in [0, 0.05) is 44.4 Å². The summed E-state index contributed by atoms with van der Waals surface area (Å²) in [6.45, 7) is 3.25. The Balaban J connectivity index is 1.54. The number of alkyl halides is 1. The second-order valence-electron chi connectivity index (χ2n) is 7.61. The zero-order valence-electron chi connectivity index (χ0n) is 14.6. The van der Waals surface area contributed by atoms with E-state index in [1.807, 2.05) is 6.07 Å². The first-order valence-corrected chi connectivity index (χ1v) is 9.00. The fourth-order valence-corrected chi connectivity index (χ4v) is 4.32. The largest absolute Gasteiger partial charge is 0.383 e. The summed E-state index contributed by atoms with van der Waals surface area (Å²) >= 11 is 0. The maximum atomic E-state index is 14.1. The van der Waals surface area contributed by atoms with Crippen LogP contribution in [0, 0.1) is 5.82 Å². The van der Waals surface area contributed by atoms with Gasteiger partial charge in [-0.15, -0.1) is 0 Å². The average molecular weight is 350 g/mol. The molecular formula is C19H24F2N2O2. The minimum atomic E-state index is -1.60. The van der Waals surface area contributed by atoms with Crippen LogP contribution in [0.1, 0.15) is 31.2 Å². The quantitative estimate of drug-likeness (QED) is 0.837. The van der Waals surface area contributed by atoms with Crippen molar-refractivity contribution in [3.63, 3.8) is 0 Å². The number of amides is 1. The molecule has 0 unspecified atom stereocenters. The second-order valence-corrected chi connectivity index (χ2v) is 7.61. The predicted octanol–water partition coefficient (Wildman–Crippen LogP) is 2.65. The van der Waals surface area contributed by atoms with Gasteiger partial charge in [-0.3, -0.25) is 4.79 Å². The lowest BCUT2D eigenvalue weighted by molar-refractivity contribution is -0.139. The van der Waals surface area contributed by atoms with Crippen molar-refractivity contribution < 1.29 is 18.3 Å². The van der Waals surface area contributed by atoms with Gasteiger partial charge < -0.3 is 14.5 Å². The number of halogens is 2. The summed E-state index contributed by atoms with van der Waals surface area (Å²) in [4.78, 5) is 16.2. The van der Waals surface area contributed by atoms with E-state index in [4.69, 9.17) is 4.74 Å². The molecule has 1 saturated heterocycles. The van der Waals surface area contributed by atoms with Crippen LogP contribution in [0.4, 0.5) is 14.5 Å². The molecule has 0 aromatic heterocycles. The van der Waals surface area contributed by atoms with Crippen molar-refractivity contribution in [2.75, 3.05) is 44.8 Å². The highest BCUT2D eigenvalue weighted by Crippen LogP contribution is 2.48. The molecule has 3 aliphatic rings. The number of ether oxygens (including phenoxy) is 1. The zero-order valence-corrected chi connectivity index (χ0v) is 14.6. The number of rotatable bonds is 4. The normalized spacial score (nSPS) is 23.0. The van der Waals surface area contributed by atoms with E-state index < -0.39 is 5.67 Å². The molecule has 0 atom stereocenters. The van der Waals surface area contributed by atoms with Crippen LogP contribution in [0.2, 0.25) is 0 Å². The molecule has 1 aromatic carbocycles. The van der Waals surface area contributed by atoms with Gasteiger partial charge in [-0.05, 0) is 49.4 Å². The van der Waals surface area contributed by atoms with E-state index in [9.17, 15) is 13.6 Å². The maximum Gasteiger partial charge on any atom is 0.260 e. The maximum absolute atomic E-state index is 14.1. The molecule has 0 bridgehead atoms. The first-order chi connectivity index (χ1) is 12.0. The summed E-state index contributed by atoms with van der Waals surface area (Å²) in [6, 6.07) is 4.97. The van der Waals surface area contributed by atoms with E-state index in [1.165, 1.54) is 6.07 Å².